The Morgan fingerprint density at radius 2 is 1.73 bits per heavy atom. The van der Waals surface area contributed by atoms with Crippen LogP contribution in [0.4, 0.5) is 4.79 Å². The van der Waals surface area contributed by atoms with Gasteiger partial charge in [0.05, 0.1) is 18.2 Å². The third-order valence-electron chi connectivity index (χ3n) is 4.64. The predicted molar refractivity (Wildman–Crippen MR) is 94.5 cm³/mol. The molecule has 8 heteroatoms. The molecule has 0 aromatic carbocycles. The van der Waals surface area contributed by atoms with E-state index in [0.29, 0.717) is 6.61 Å². The van der Waals surface area contributed by atoms with Gasteiger partial charge in [0.15, 0.2) is 8.32 Å². The smallest absolute Gasteiger partial charge is 0.410 e. The maximum Gasteiger partial charge on any atom is 0.410 e. The van der Waals surface area contributed by atoms with Crippen molar-refractivity contribution in [3.63, 3.8) is 0 Å². The van der Waals surface area contributed by atoms with Crippen LogP contribution in [0.25, 0.3) is 0 Å². The van der Waals surface area contributed by atoms with Gasteiger partial charge in [-0.1, -0.05) is 55.6 Å². The van der Waals surface area contributed by atoms with Gasteiger partial charge < -0.3 is 9.16 Å². The lowest BCUT2D eigenvalue weighted by atomic mass is 10.1. The van der Waals surface area contributed by atoms with Crippen molar-refractivity contribution in [1.82, 2.24) is 4.90 Å². The molecule has 0 bridgehead atoms. The van der Waals surface area contributed by atoms with Crippen molar-refractivity contribution in [2.24, 2.45) is 0 Å². The fourth-order valence-corrected chi connectivity index (χ4v) is 3.10. The number of amides is 1. The molecule has 0 aromatic heterocycles. The van der Waals surface area contributed by atoms with Crippen molar-refractivity contribution in [2.75, 3.05) is 13.2 Å². The van der Waals surface area contributed by atoms with Crippen molar-refractivity contribution in [2.45, 2.75) is 68.1 Å². The van der Waals surface area contributed by atoms with Crippen LogP contribution >= 0.6 is 34.8 Å². The van der Waals surface area contributed by atoms with Gasteiger partial charge in [0.2, 0.25) is 3.79 Å². The van der Waals surface area contributed by atoms with Crippen LogP contribution in [-0.4, -0.2) is 47.9 Å². The monoisotopic (exact) mass is 389 g/mol. The average molecular weight is 391 g/mol. The van der Waals surface area contributed by atoms with Crippen LogP contribution in [-0.2, 0) is 9.16 Å². The van der Waals surface area contributed by atoms with Gasteiger partial charge in [-0.05, 0) is 32.0 Å². The Bertz CT molecular complexity index is 430. The van der Waals surface area contributed by atoms with E-state index in [9.17, 15) is 4.79 Å². The largest absolute Gasteiger partial charge is 0.445 e. The highest BCUT2D eigenvalue weighted by Gasteiger charge is 2.60. The van der Waals surface area contributed by atoms with Crippen molar-refractivity contribution in [3.05, 3.63) is 0 Å². The standard InChI is InChI=1S/C14H26Cl3NO3Si/c1-12(2,3)22(6,7)21-8-10-13(4,5)18(10)11(19)20-9-14(15,16)17/h10H,8-9H2,1-7H3. The summed E-state index contributed by atoms with van der Waals surface area (Å²) in [6, 6.07) is -0.00972. The lowest BCUT2D eigenvalue weighted by molar-refractivity contribution is 0.123. The molecule has 1 aliphatic heterocycles. The molecule has 22 heavy (non-hydrogen) atoms. The highest BCUT2D eigenvalue weighted by molar-refractivity contribution is 6.74. The maximum absolute atomic E-state index is 12.1. The zero-order valence-electron chi connectivity index (χ0n) is 14.3. The maximum atomic E-state index is 12.1. The first-order chi connectivity index (χ1) is 9.59. The summed E-state index contributed by atoms with van der Waals surface area (Å²) in [6.45, 7) is 15.1. The van der Waals surface area contributed by atoms with Gasteiger partial charge in [0.1, 0.15) is 6.61 Å². The average Bonchev–Trinajstić information content (AvgIpc) is 2.83. The number of carbonyl (C=O) groups excluding carboxylic acids is 1. The summed E-state index contributed by atoms with van der Waals surface area (Å²) in [5, 5.41) is 0.132. The molecule has 0 aliphatic carbocycles. The molecule has 0 spiro atoms. The molecular formula is C14H26Cl3NO3Si. The SMILES string of the molecule is CC1(C)C(CO[Si](C)(C)C(C)(C)C)N1C(=O)OCC(Cl)(Cl)Cl. The van der Waals surface area contributed by atoms with Crippen molar-refractivity contribution in [3.8, 4) is 0 Å². The fourth-order valence-electron chi connectivity index (χ4n) is 1.93. The fraction of sp³-hybridized carbons (Fsp3) is 0.929. The molecule has 0 aromatic rings. The normalized spacial score (nSPS) is 21.7. The van der Waals surface area contributed by atoms with Crippen molar-refractivity contribution < 1.29 is 14.0 Å². The van der Waals surface area contributed by atoms with E-state index in [-0.39, 0.29) is 23.2 Å². The molecule has 4 nitrogen and oxygen atoms in total. The molecule has 1 aliphatic rings. The Labute approximate surface area is 149 Å². The van der Waals surface area contributed by atoms with Crippen molar-refractivity contribution in [1.29, 1.82) is 0 Å². The summed E-state index contributed by atoms with van der Waals surface area (Å²) in [6.07, 6.45) is -0.472. The second-order valence-corrected chi connectivity index (χ2v) is 15.1. The van der Waals surface area contributed by atoms with Crippen LogP contribution in [0.15, 0.2) is 0 Å². The number of rotatable bonds is 4. The molecule has 0 radical (unpaired) electrons. The molecule has 1 rings (SSSR count). The number of hydrogen-bond acceptors (Lipinski definition) is 3. The van der Waals surface area contributed by atoms with Gasteiger partial charge in [0.25, 0.3) is 0 Å². The van der Waals surface area contributed by atoms with Crippen LogP contribution in [0.3, 0.4) is 0 Å². The third-order valence-corrected chi connectivity index (χ3v) is 9.47. The molecule has 130 valence electrons. The number of alkyl halides is 3. The molecule has 1 unspecified atom stereocenters. The number of ether oxygens (including phenoxy) is 1. The number of carbonyl (C=O) groups is 1. The summed E-state index contributed by atoms with van der Waals surface area (Å²) in [4.78, 5) is 13.7. The van der Waals surface area contributed by atoms with Crippen LogP contribution in [0.2, 0.25) is 18.1 Å². The van der Waals surface area contributed by atoms with E-state index in [4.69, 9.17) is 44.0 Å². The molecule has 1 saturated heterocycles. The van der Waals surface area contributed by atoms with Gasteiger partial charge in [-0.25, -0.2) is 4.79 Å². The third kappa shape index (κ3) is 4.90. The molecule has 0 saturated carbocycles. The van der Waals surface area contributed by atoms with E-state index >= 15 is 0 Å². The summed E-state index contributed by atoms with van der Waals surface area (Å²) in [5.74, 6) is 0. The quantitative estimate of drug-likeness (QED) is 0.386. The van der Waals surface area contributed by atoms with Gasteiger partial charge >= 0.3 is 6.09 Å². The predicted octanol–water partition coefficient (Wildman–Crippen LogP) is 4.98. The highest BCUT2D eigenvalue weighted by Crippen LogP contribution is 2.44. The van der Waals surface area contributed by atoms with E-state index in [1.807, 2.05) is 13.8 Å². The van der Waals surface area contributed by atoms with E-state index in [2.05, 4.69) is 33.9 Å². The Kier molecular flexibility index (Phi) is 5.85. The van der Waals surface area contributed by atoms with E-state index in [1.165, 1.54) is 0 Å². The van der Waals surface area contributed by atoms with Crippen LogP contribution in [0, 0.1) is 0 Å². The molecular weight excluding hydrogens is 365 g/mol. The Hall–Kier alpha value is 0.317. The first-order valence-corrected chi connectivity index (χ1v) is 11.3. The Morgan fingerprint density at radius 3 is 2.14 bits per heavy atom. The number of nitrogens with zero attached hydrogens (tertiary/aromatic N) is 1. The lowest BCUT2D eigenvalue weighted by Crippen LogP contribution is -2.42. The molecule has 0 N–H and O–H groups in total. The first kappa shape index (κ1) is 20.4. The van der Waals surface area contributed by atoms with Crippen LogP contribution in [0.1, 0.15) is 34.6 Å². The van der Waals surface area contributed by atoms with Crippen LogP contribution in [0.5, 0.6) is 0 Å². The summed E-state index contributed by atoms with van der Waals surface area (Å²) < 4.78 is 9.64. The molecule has 1 heterocycles. The molecule has 1 fully saturated rings. The minimum absolute atomic E-state index is 0.00972. The van der Waals surface area contributed by atoms with E-state index in [1.54, 1.807) is 4.90 Å². The second-order valence-electron chi connectivity index (χ2n) is 7.78. The highest BCUT2D eigenvalue weighted by atomic mass is 35.6. The lowest BCUT2D eigenvalue weighted by Gasteiger charge is -2.36. The zero-order chi connectivity index (χ0) is 17.6. The molecule has 1 atom stereocenters. The minimum Gasteiger partial charge on any atom is -0.445 e. The Morgan fingerprint density at radius 1 is 1.23 bits per heavy atom. The second kappa shape index (κ2) is 6.32. The van der Waals surface area contributed by atoms with Gasteiger partial charge in [-0.2, -0.15) is 0 Å². The van der Waals surface area contributed by atoms with Crippen LogP contribution < -0.4 is 0 Å². The van der Waals surface area contributed by atoms with Gasteiger partial charge in [0, 0.05) is 0 Å². The molecule has 1 amide bonds. The Balaban J connectivity index is 2.58. The topological polar surface area (TPSA) is 38.5 Å². The van der Waals surface area contributed by atoms with E-state index < -0.39 is 18.2 Å². The zero-order valence-corrected chi connectivity index (χ0v) is 17.6. The van der Waals surface area contributed by atoms with Crippen molar-refractivity contribution >= 4 is 49.2 Å². The van der Waals surface area contributed by atoms with Gasteiger partial charge in [-0.15, -0.1) is 0 Å². The van der Waals surface area contributed by atoms with E-state index in [0.717, 1.165) is 0 Å². The number of halogens is 3. The summed E-state index contributed by atoms with van der Waals surface area (Å²) in [5.41, 5.74) is -0.299. The summed E-state index contributed by atoms with van der Waals surface area (Å²) >= 11 is 16.8. The summed E-state index contributed by atoms with van der Waals surface area (Å²) in [7, 11) is -1.85. The minimum atomic E-state index is -1.85. The van der Waals surface area contributed by atoms with Gasteiger partial charge in [-0.3, -0.25) is 4.90 Å². The number of hydrogen-bond donors (Lipinski definition) is 0. The first-order valence-electron chi connectivity index (χ1n) is 7.26.